The van der Waals surface area contributed by atoms with Crippen LogP contribution in [0.2, 0.25) is 0 Å². The highest BCUT2D eigenvalue weighted by Crippen LogP contribution is 2.17. The minimum atomic E-state index is -0.682. The molecular weight excluding hydrogens is 324 g/mol. The summed E-state index contributed by atoms with van der Waals surface area (Å²) >= 11 is 0. The van der Waals surface area contributed by atoms with Crippen LogP contribution in [0.3, 0.4) is 0 Å². The van der Waals surface area contributed by atoms with E-state index in [1.165, 1.54) is 0 Å². The van der Waals surface area contributed by atoms with Gasteiger partial charge >= 0.3 is 11.9 Å². The Balaban J connectivity index is 0.000000212. The first kappa shape index (κ1) is 19.4. The third-order valence-electron chi connectivity index (χ3n) is 4.35. The first-order chi connectivity index (χ1) is 12.2. The van der Waals surface area contributed by atoms with Crippen LogP contribution < -0.4 is 0 Å². The third kappa shape index (κ3) is 7.23. The van der Waals surface area contributed by atoms with Crippen molar-refractivity contribution in [2.45, 2.75) is 32.3 Å². The summed E-state index contributed by atoms with van der Waals surface area (Å²) in [5.41, 5.74) is 1.03. The molecule has 0 amide bonds. The number of hydrogen-bond acceptors (Lipinski definition) is 5. The molecule has 2 aliphatic heterocycles. The van der Waals surface area contributed by atoms with Gasteiger partial charge in [-0.15, -0.1) is 0 Å². The van der Waals surface area contributed by atoms with E-state index < -0.39 is 5.97 Å². The summed E-state index contributed by atoms with van der Waals surface area (Å²) in [6, 6.07) is 9.74. The van der Waals surface area contributed by atoms with E-state index in [1.807, 2.05) is 30.3 Å². The normalized spacial score (nSPS) is 18.7. The van der Waals surface area contributed by atoms with Crippen LogP contribution in [0.15, 0.2) is 30.3 Å². The molecule has 1 aromatic rings. The molecule has 25 heavy (non-hydrogen) atoms. The number of benzene rings is 1. The summed E-state index contributed by atoms with van der Waals surface area (Å²) in [4.78, 5) is 22.0. The highest BCUT2D eigenvalue weighted by Gasteiger charge is 2.22. The largest absolute Gasteiger partial charge is 0.481 e. The SMILES string of the molecule is O=C(O)C1CCOCC1.O=C(OCc1ccccc1)C1CCOCC1. The summed E-state index contributed by atoms with van der Waals surface area (Å²) < 4.78 is 15.5. The van der Waals surface area contributed by atoms with E-state index >= 15 is 0 Å². The van der Waals surface area contributed by atoms with Crippen molar-refractivity contribution in [3.8, 4) is 0 Å². The second-order valence-corrected chi connectivity index (χ2v) is 6.20. The van der Waals surface area contributed by atoms with Gasteiger partial charge in [0.25, 0.3) is 0 Å². The summed E-state index contributed by atoms with van der Waals surface area (Å²) in [5.74, 6) is -0.901. The number of ether oxygens (including phenoxy) is 3. The first-order valence-corrected chi connectivity index (χ1v) is 8.75. The van der Waals surface area contributed by atoms with Gasteiger partial charge in [0.15, 0.2) is 0 Å². The van der Waals surface area contributed by atoms with Crippen molar-refractivity contribution in [2.75, 3.05) is 26.4 Å². The zero-order valence-electron chi connectivity index (χ0n) is 14.4. The van der Waals surface area contributed by atoms with E-state index in [-0.39, 0.29) is 17.8 Å². The average molecular weight is 350 g/mol. The fourth-order valence-corrected chi connectivity index (χ4v) is 2.72. The molecule has 2 saturated heterocycles. The number of carboxylic acids is 1. The quantitative estimate of drug-likeness (QED) is 0.841. The highest BCUT2D eigenvalue weighted by molar-refractivity contribution is 5.72. The summed E-state index contributed by atoms with van der Waals surface area (Å²) in [7, 11) is 0. The van der Waals surface area contributed by atoms with E-state index in [0.717, 1.165) is 18.4 Å². The van der Waals surface area contributed by atoms with Crippen LogP contribution in [0.25, 0.3) is 0 Å². The lowest BCUT2D eigenvalue weighted by Crippen LogP contribution is -2.25. The van der Waals surface area contributed by atoms with Crippen LogP contribution >= 0.6 is 0 Å². The molecule has 2 aliphatic rings. The van der Waals surface area contributed by atoms with Gasteiger partial charge in [-0.25, -0.2) is 0 Å². The van der Waals surface area contributed by atoms with Gasteiger partial charge in [-0.2, -0.15) is 0 Å². The molecule has 0 aromatic heterocycles. The number of rotatable bonds is 4. The Morgan fingerprint density at radius 3 is 1.92 bits per heavy atom. The molecule has 1 aromatic carbocycles. The van der Waals surface area contributed by atoms with E-state index in [4.69, 9.17) is 19.3 Å². The van der Waals surface area contributed by atoms with Gasteiger partial charge in [0, 0.05) is 26.4 Å². The van der Waals surface area contributed by atoms with Gasteiger partial charge in [0.1, 0.15) is 6.61 Å². The number of carbonyl (C=O) groups excluding carboxylic acids is 1. The molecule has 2 fully saturated rings. The maximum absolute atomic E-state index is 11.7. The second kappa shape index (κ2) is 10.8. The van der Waals surface area contributed by atoms with Crippen LogP contribution in [0.4, 0.5) is 0 Å². The van der Waals surface area contributed by atoms with Gasteiger partial charge in [-0.05, 0) is 31.2 Å². The molecule has 6 heteroatoms. The van der Waals surface area contributed by atoms with Crippen molar-refractivity contribution >= 4 is 11.9 Å². The summed E-state index contributed by atoms with van der Waals surface area (Å²) in [6.07, 6.45) is 2.92. The molecule has 0 bridgehead atoms. The Bertz CT molecular complexity index is 518. The molecule has 138 valence electrons. The number of aliphatic carboxylic acids is 1. The lowest BCUT2D eigenvalue weighted by Gasteiger charge is -2.20. The van der Waals surface area contributed by atoms with Crippen molar-refractivity contribution in [3.63, 3.8) is 0 Å². The van der Waals surface area contributed by atoms with Gasteiger partial charge in [-0.3, -0.25) is 9.59 Å². The van der Waals surface area contributed by atoms with Crippen molar-refractivity contribution in [3.05, 3.63) is 35.9 Å². The van der Waals surface area contributed by atoms with Gasteiger partial charge in [0.05, 0.1) is 11.8 Å². The zero-order chi connectivity index (χ0) is 17.9. The minimum absolute atomic E-state index is 0.0254. The average Bonchev–Trinajstić information content (AvgIpc) is 2.69. The van der Waals surface area contributed by atoms with Gasteiger partial charge in [0.2, 0.25) is 0 Å². The van der Waals surface area contributed by atoms with Crippen LogP contribution in [-0.4, -0.2) is 43.5 Å². The topological polar surface area (TPSA) is 82.1 Å². The Kier molecular flexibility index (Phi) is 8.42. The molecule has 3 rings (SSSR count). The second-order valence-electron chi connectivity index (χ2n) is 6.20. The van der Waals surface area contributed by atoms with Crippen LogP contribution in [0.5, 0.6) is 0 Å². The highest BCUT2D eigenvalue weighted by atomic mass is 16.5. The van der Waals surface area contributed by atoms with Gasteiger partial charge < -0.3 is 19.3 Å². The molecule has 0 unspecified atom stereocenters. The molecular formula is C19H26O6. The van der Waals surface area contributed by atoms with Crippen molar-refractivity contribution in [1.82, 2.24) is 0 Å². The Morgan fingerprint density at radius 1 is 0.920 bits per heavy atom. The molecule has 6 nitrogen and oxygen atoms in total. The number of carbonyl (C=O) groups is 2. The molecule has 0 saturated carbocycles. The van der Waals surface area contributed by atoms with E-state index in [9.17, 15) is 9.59 Å². The standard InChI is InChI=1S/C13H16O3.C6H10O3/c14-13(12-6-8-15-9-7-12)16-10-11-4-2-1-3-5-11;7-6(8)5-1-3-9-4-2-5/h1-5,12H,6-10H2;5H,1-4H2,(H,7,8). The fourth-order valence-electron chi connectivity index (χ4n) is 2.72. The lowest BCUT2D eigenvalue weighted by atomic mass is 10.0. The minimum Gasteiger partial charge on any atom is -0.481 e. The summed E-state index contributed by atoms with van der Waals surface area (Å²) in [5, 5.41) is 8.48. The van der Waals surface area contributed by atoms with E-state index in [2.05, 4.69) is 0 Å². The van der Waals surface area contributed by atoms with Crippen molar-refractivity contribution < 1.29 is 28.9 Å². The predicted molar refractivity (Wildman–Crippen MR) is 91.0 cm³/mol. The molecule has 0 atom stereocenters. The predicted octanol–water partition coefficient (Wildman–Crippen LogP) is 2.65. The van der Waals surface area contributed by atoms with Crippen molar-refractivity contribution in [1.29, 1.82) is 0 Å². The molecule has 0 aliphatic carbocycles. The molecule has 1 N–H and O–H groups in total. The molecule has 0 spiro atoms. The monoisotopic (exact) mass is 350 g/mol. The maximum atomic E-state index is 11.7. The van der Waals surface area contributed by atoms with Crippen LogP contribution in [-0.2, 0) is 30.4 Å². The Labute approximate surface area is 148 Å². The number of carboxylic acid groups (broad SMARTS) is 1. The molecule has 0 radical (unpaired) electrons. The first-order valence-electron chi connectivity index (χ1n) is 8.75. The number of esters is 1. The fraction of sp³-hybridized carbons (Fsp3) is 0.579. The zero-order valence-corrected chi connectivity index (χ0v) is 14.4. The smallest absolute Gasteiger partial charge is 0.309 e. The maximum Gasteiger partial charge on any atom is 0.309 e. The number of hydrogen-bond donors (Lipinski definition) is 1. The lowest BCUT2D eigenvalue weighted by molar-refractivity contribution is -0.153. The van der Waals surface area contributed by atoms with Crippen LogP contribution in [0, 0.1) is 11.8 Å². The molecule has 2 heterocycles. The van der Waals surface area contributed by atoms with Crippen molar-refractivity contribution in [2.24, 2.45) is 11.8 Å². The van der Waals surface area contributed by atoms with Gasteiger partial charge in [-0.1, -0.05) is 30.3 Å². The Hall–Kier alpha value is -1.92. The van der Waals surface area contributed by atoms with Crippen LogP contribution in [0.1, 0.15) is 31.2 Å². The summed E-state index contributed by atoms with van der Waals surface area (Å²) in [6.45, 7) is 2.93. The van der Waals surface area contributed by atoms with E-state index in [0.29, 0.717) is 45.9 Å². The van der Waals surface area contributed by atoms with E-state index in [1.54, 1.807) is 0 Å². The third-order valence-corrected chi connectivity index (χ3v) is 4.35. The Morgan fingerprint density at radius 2 is 1.44 bits per heavy atom.